The monoisotopic (exact) mass is 289 g/mol. The Bertz CT molecular complexity index is 728. The smallest absolute Gasteiger partial charge is 0.272 e. The number of hydrogen-bond acceptors (Lipinski definition) is 4. The molecular formula is C15H12FNO4. The fourth-order valence-electron chi connectivity index (χ4n) is 1.89. The number of halogens is 1. The van der Waals surface area contributed by atoms with E-state index in [0.717, 1.165) is 6.07 Å². The van der Waals surface area contributed by atoms with Crippen molar-refractivity contribution >= 4 is 11.5 Å². The largest absolute Gasteiger partial charge is 0.457 e. The van der Waals surface area contributed by atoms with Crippen LogP contribution >= 0.6 is 0 Å². The summed E-state index contributed by atoms with van der Waals surface area (Å²) >= 11 is 0. The number of ketones is 1. The van der Waals surface area contributed by atoms with Crippen LogP contribution in [0.1, 0.15) is 22.8 Å². The molecule has 0 N–H and O–H groups in total. The van der Waals surface area contributed by atoms with Gasteiger partial charge in [-0.05, 0) is 44.2 Å². The van der Waals surface area contributed by atoms with E-state index >= 15 is 0 Å². The molecule has 0 atom stereocenters. The maximum absolute atomic E-state index is 13.2. The highest BCUT2D eigenvalue weighted by Crippen LogP contribution is 2.29. The van der Waals surface area contributed by atoms with Crippen molar-refractivity contribution in [3.05, 3.63) is 63.5 Å². The number of nitro groups is 1. The molecule has 0 aliphatic rings. The Kier molecular flexibility index (Phi) is 3.98. The second-order valence-electron chi connectivity index (χ2n) is 4.50. The zero-order chi connectivity index (χ0) is 15.6. The van der Waals surface area contributed by atoms with Crippen molar-refractivity contribution in [1.82, 2.24) is 0 Å². The molecule has 6 heteroatoms. The van der Waals surface area contributed by atoms with Gasteiger partial charge in [0.15, 0.2) is 5.78 Å². The summed E-state index contributed by atoms with van der Waals surface area (Å²) in [6.45, 7) is 2.89. The van der Waals surface area contributed by atoms with Crippen molar-refractivity contribution in [3.63, 3.8) is 0 Å². The fourth-order valence-corrected chi connectivity index (χ4v) is 1.89. The minimum absolute atomic E-state index is 0.0201. The van der Waals surface area contributed by atoms with Gasteiger partial charge in [-0.3, -0.25) is 14.9 Å². The van der Waals surface area contributed by atoms with Crippen LogP contribution < -0.4 is 4.74 Å². The summed E-state index contributed by atoms with van der Waals surface area (Å²) < 4.78 is 18.7. The van der Waals surface area contributed by atoms with Gasteiger partial charge < -0.3 is 4.74 Å². The first-order valence-electron chi connectivity index (χ1n) is 6.12. The molecule has 108 valence electrons. The summed E-state index contributed by atoms with van der Waals surface area (Å²) in [4.78, 5) is 21.7. The average Bonchev–Trinajstić information content (AvgIpc) is 2.40. The first-order valence-corrected chi connectivity index (χ1v) is 6.12. The Balaban J connectivity index is 2.37. The van der Waals surface area contributed by atoms with Crippen LogP contribution in [0.15, 0.2) is 36.4 Å². The average molecular weight is 289 g/mol. The van der Waals surface area contributed by atoms with Crippen LogP contribution in [0.5, 0.6) is 11.5 Å². The van der Waals surface area contributed by atoms with E-state index in [9.17, 15) is 19.3 Å². The number of ether oxygens (including phenoxy) is 1. The van der Waals surface area contributed by atoms with Crippen LogP contribution in [0.25, 0.3) is 0 Å². The topological polar surface area (TPSA) is 69.4 Å². The van der Waals surface area contributed by atoms with E-state index < -0.39 is 10.7 Å². The van der Waals surface area contributed by atoms with Crippen molar-refractivity contribution in [2.75, 3.05) is 0 Å². The van der Waals surface area contributed by atoms with Crippen LogP contribution in [-0.4, -0.2) is 10.7 Å². The zero-order valence-corrected chi connectivity index (χ0v) is 11.4. The third-order valence-corrected chi connectivity index (χ3v) is 2.91. The Morgan fingerprint density at radius 1 is 1.24 bits per heavy atom. The number of carbonyl (C=O) groups excluding carboxylic acids is 1. The van der Waals surface area contributed by atoms with E-state index in [0.29, 0.717) is 11.3 Å². The fraction of sp³-hybridized carbons (Fsp3) is 0.133. The number of aryl methyl sites for hydroxylation is 1. The van der Waals surface area contributed by atoms with E-state index in [1.165, 1.54) is 37.3 Å². The summed E-state index contributed by atoms with van der Waals surface area (Å²) in [6, 6.07) is 7.87. The molecule has 0 radical (unpaired) electrons. The van der Waals surface area contributed by atoms with Gasteiger partial charge in [0.25, 0.3) is 5.69 Å². The third kappa shape index (κ3) is 3.22. The number of Topliss-reactive ketones (excluding diaryl/α,β-unsaturated/α-hetero) is 1. The lowest BCUT2D eigenvalue weighted by Gasteiger charge is -2.10. The van der Waals surface area contributed by atoms with Gasteiger partial charge in [-0.2, -0.15) is 0 Å². The Labute approximate surface area is 120 Å². The summed E-state index contributed by atoms with van der Waals surface area (Å²) in [5.41, 5.74) is 0.531. The maximum Gasteiger partial charge on any atom is 0.272 e. The van der Waals surface area contributed by atoms with Gasteiger partial charge in [-0.1, -0.05) is 0 Å². The molecule has 21 heavy (non-hydrogen) atoms. The molecule has 0 unspecified atom stereocenters. The summed E-state index contributed by atoms with van der Waals surface area (Å²) in [6.07, 6.45) is 0. The van der Waals surface area contributed by atoms with E-state index in [2.05, 4.69) is 0 Å². The van der Waals surface area contributed by atoms with Gasteiger partial charge in [-0.15, -0.1) is 0 Å². The Morgan fingerprint density at radius 2 is 1.95 bits per heavy atom. The molecule has 0 bridgehead atoms. The van der Waals surface area contributed by atoms with E-state index in [1.807, 2.05) is 0 Å². The molecule has 2 rings (SSSR count). The maximum atomic E-state index is 13.2. The number of carbonyl (C=O) groups is 1. The lowest BCUT2D eigenvalue weighted by Crippen LogP contribution is -1.98. The van der Waals surface area contributed by atoms with Gasteiger partial charge in [0.1, 0.15) is 17.3 Å². The van der Waals surface area contributed by atoms with Gasteiger partial charge >= 0.3 is 0 Å². The van der Waals surface area contributed by atoms with Crippen LogP contribution in [0.2, 0.25) is 0 Å². The Hall–Kier alpha value is -2.76. The predicted octanol–water partition coefficient (Wildman–Crippen LogP) is 4.04. The van der Waals surface area contributed by atoms with Crippen molar-refractivity contribution < 1.29 is 18.8 Å². The second-order valence-corrected chi connectivity index (χ2v) is 4.50. The summed E-state index contributed by atoms with van der Waals surface area (Å²) in [7, 11) is 0. The third-order valence-electron chi connectivity index (χ3n) is 2.91. The highest BCUT2D eigenvalue weighted by atomic mass is 19.1. The number of benzene rings is 2. The SMILES string of the molecule is CC(=O)c1cc(F)ccc1Oc1ccc([N+](=O)[O-])c(C)c1. The lowest BCUT2D eigenvalue weighted by atomic mass is 10.1. The van der Waals surface area contributed by atoms with Crippen molar-refractivity contribution in [2.24, 2.45) is 0 Å². The lowest BCUT2D eigenvalue weighted by molar-refractivity contribution is -0.385. The van der Waals surface area contributed by atoms with Crippen LogP contribution in [0, 0.1) is 22.9 Å². The van der Waals surface area contributed by atoms with E-state index in [1.54, 1.807) is 6.92 Å². The van der Waals surface area contributed by atoms with Crippen LogP contribution in [0.3, 0.4) is 0 Å². The number of hydrogen-bond donors (Lipinski definition) is 0. The molecule has 0 saturated carbocycles. The van der Waals surface area contributed by atoms with Crippen molar-refractivity contribution in [1.29, 1.82) is 0 Å². The molecule has 5 nitrogen and oxygen atoms in total. The molecule has 0 aromatic heterocycles. The van der Waals surface area contributed by atoms with Gasteiger partial charge in [0.2, 0.25) is 0 Å². The molecule has 0 amide bonds. The molecule has 0 spiro atoms. The molecule has 0 aliphatic carbocycles. The highest BCUT2D eigenvalue weighted by molar-refractivity contribution is 5.96. The van der Waals surface area contributed by atoms with Crippen LogP contribution in [-0.2, 0) is 0 Å². The number of nitrogens with zero attached hydrogens (tertiary/aromatic N) is 1. The molecule has 0 heterocycles. The number of nitro benzene ring substituents is 1. The van der Waals surface area contributed by atoms with Gasteiger partial charge in [0, 0.05) is 11.6 Å². The summed E-state index contributed by atoms with van der Waals surface area (Å²) in [5, 5.41) is 10.8. The second kappa shape index (κ2) is 5.70. The molecule has 2 aromatic carbocycles. The van der Waals surface area contributed by atoms with E-state index in [4.69, 9.17) is 4.74 Å². The normalized spacial score (nSPS) is 10.2. The zero-order valence-electron chi connectivity index (χ0n) is 11.4. The first kappa shape index (κ1) is 14.6. The molecule has 0 aliphatic heterocycles. The summed E-state index contributed by atoms with van der Waals surface area (Å²) in [5.74, 6) is -0.320. The molecule has 0 fully saturated rings. The molecule has 2 aromatic rings. The highest BCUT2D eigenvalue weighted by Gasteiger charge is 2.14. The molecule has 0 saturated heterocycles. The van der Waals surface area contributed by atoms with E-state index in [-0.39, 0.29) is 22.8 Å². The minimum atomic E-state index is -0.535. The van der Waals surface area contributed by atoms with Crippen molar-refractivity contribution in [2.45, 2.75) is 13.8 Å². The number of rotatable bonds is 4. The van der Waals surface area contributed by atoms with Crippen LogP contribution in [0.4, 0.5) is 10.1 Å². The van der Waals surface area contributed by atoms with Gasteiger partial charge in [-0.25, -0.2) is 4.39 Å². The quantitative estimate of drug-likeness (QED) is 0.484. The van der Waals surface area contributed by atoms with Gasteiger partial charge in [0.05, 0.1) is 10.5 Å². The Morgan fingerprint density at radius 3 is 2.52 bits per heavy atom. The minimum Gasteiger partial charge on any atom is -0.457 e. The van der Waals surface area contributed by atoms with Crippen molar-refractivity contribution in [3.8, 4) is 11.5 Å². The standard InChI is InChI=1S/C15H12FNO4/c1-9-7-12(4-5-14(9)17(19)20)21-15-6-3-11(16)8-13(15)10(2)18/h3-8H,1-2H3. The first-order chi connectivity index (χ1) is 9.88. The predicted molar refractivity (Wildman–Crippen MR) is 74.3 cm³/mol. The molecular weight excluding hydrogens is 277 g/mol.